The average molecular weight is 275 g/mol. The molecule has 3 heteroatoms. The monoisotopic (exact) mass is 274 g/mol. The van der Waals surface area contributed by atoms with Crippen LogP contribution in [-0.4, -0.2) is 11.5 Å². The molecule has 1 N–H and O–H groups in total. The van der Waals surface area contributed by atoms with Crippen LogP contribution in [0, 0.1) is 6.92 Å². The van der Waals surface area contributed by atoms with Crippen molar-refractivity contribution in [2.45, 2.75) is 26.8 Å². The molecule has 2 aromatic rings. The zero-order valence-corrected chi connectivity index (χ0v) is 12.2. The van der Waals surface area contributed by atoms with Gasteiger partial charge in [0.2, 0.25) is 0 Å². The van der Waals surface area contributed by atoms with Crippen LogP contribution in [0.15, 0.2) is 36.7 Å². The molecule has 0 amide bonds. The summed E-state index contributed by atoms with van der Waals surface area (Å²) in [5.41, 5.74) is 4.55. The minimum atomic E-state index is 0.784. The van der Waals surface area contributed by atoms with E-state index in [0.717, 1.165) is 35.7 Å². The topological polar surface area (TPSA) is 24.9 Å². The number of benzene rings is 1. The van der Waals surface area contributed by atoms with E-state index in [-0.39, 0.29) is 0 Å². The summed E-state index contributed by atoms with van der Waals surface area (Å²) in [5, 5.41) is 4.16. The summed E-state index contributed by atoms with van der Waals surface area (Å²) in [6.45, 7) is 6.12. The van der Waals surface area contributed by atoms with Gasteiger partial charge in [0.25, 0.3) is 0 Å². The van der Waals surface area contributed by atoms with Gasteiger partial charge in [-0.2, -0.15) is 0 Å². The number of hydrogen-bond acceptors (Lipinski definition) is 2. The first-order valence-electron chi connectivity index (χ1n) is 6.62. The van der Waals surface area contributed by atoms with Gasteiger partial charge in [0, 0.05) is 35.1 Å². The second-order valence-corrected chi connectivity index (χ2v) is 5.09. The lowest BCUT2D eigenvalue weighted by atomic mass is 10.0. The van der Waals surface area contributed by atoms with E-state index in [1.807, 2.05) is 18.3 Å². The van der Waals surface area contributed by atoms with Crippen molar-refractivity contribution in [3.8, 4) is 11.1 Å². The predicted octanol–water partition coefficient (Wildman–Crippen LogP) is 4.21. The standard InChI is InChI=1S/C16H19ClN2/c1-3-7-18-10-13-4-5-14(16(17)9-13)15-11-19-8-6-12(15)2/h4-6,8-9,11,18H,3,7,10H2,1-2H3. The molecule has 2 nitrogen and oxygen atoms in total. The Kier molecular flexibility index (Phi) is 4.94. The smallest absolute Gasteiger partial charge is 0.0488 e. The molecule has 1 aromatic carbocycles. The molecule has 0 unspecified atom stereocenters. The van der Waals surface area contributed by atoms with E-state index in [9.17, 15) is 0 Å². The molecule has 0 radical (unpaired) electrons. The predicted molar refractivity (Wildman–Crippen MR) is 81.4 cm³/mol. The Morgan fingerprint density at radius 3 is 2.74 bits per heavy atom. The number of aromatic nitrogens is 1. The molecule has 0 aliphatic rings. The van der Waals surface area contributed by atoms with Crippen LogP contribution in [0.4, 0.5) is 0 Å². The maximum Gasteiger partial charge on any atom is 0.0488 e. The zero-order valence-electron chi connectivity index (χ0n) is 11.4. The SMILES string of the molecule is CCCNCc1ccc(-c2cnccc2C)c(Cl)c1. The van der Waals surface area contributed by atoms with Crippen LogP contribution in [0.1, 0.15) is 24.5 Å². The summed E-state index contributed by atoms with van der Waals surface area (Å²) in [6.07, 6.45) is 4.81. The highest BCUT2D eigenvalue weighted by atomic mass is 35.5. The summed E-state index contributed by atoms with van der Waals surface area (Å²) in [7, 11) is 0. The average Bonchev–Trinajstić information content (AvgIpc) is 2.40. The molecule has 0 bridgehead atoms. The summed E-state index contributed by atoms with van der Waals surface area (Å²) in [6, 6.07) is 8.24. The largest absolute Gasteiger partial charge is 0.313 e. The van der Waals surface area contributed by atoms with E-state index in [1.165, 1.54) is 11.1 Å². The van der Waals surface area contributed by atoms with Crippen molar-refractivity contribution in [3.05, 3.63) is 52.8 Å². The number of aryl methyl sites for hydroxylation is 1. The molecule has 19 heavy (non-hydrogen) atoms. The first kappa shape index (κ1) is 14.0. The van der Waals surface area contributed by atoms with E-state index < -0.39 is 0 Å². The lowest BCUT2D eigenvalue weighted by Gasteiger charge is -2.10. The Morgan fingerprint density at radius 1 is 1.21 bits per heavy atom. The molecule has 0 saturated carbocycles. The minimum absolute atomic E-state index is 0.784. The lowest BCUT2D eigenvalue weighted by Crippen LogP contribution is -2.13. The number of pyridine rings is 1. The van der Waals surface area contributed by atoms with Crippen molar-refractivity contribution < 1.29 is 0 Å². The van der Waals surface area contributed by atoms with E-state index >= 15 is 0 Å². The molecule has 1 aromatic heterocycles. The van der Waals surface area contributed by atoms with Gasteiger partial charge in [-0.25, -0.2) is 0 Å². The normalized spacial score (nSPS) is 10.7. The summed E-state index contributed by atoms with van der Waals surface area (Å²) in [4.78, 5) is 4.18. The summed E-state index contributed by atoms with van der Waals surface area (Å²) in [5.74, 6) is 0. The van der Waals surface area contributed by atoms with Gasteiger partial charge in [-0.15, -0.1) is 0 Å². The third-order valence-electron chi connectivity index (χ3n) is 3.12. The van der Waals surface area contributed by atoms with Gasteiger partial charge in [0.1, 0.15) is 0 Å². The summed E-state index contributed by atoms with van der Waals surface area (Å²) >= 11 is 6.39. The van der Waals surface area contributed by atoms with Crippen molar-refractivity contribution in [2.24, 2.45) is 0 Å². The van der Waals surface area contributed by atoms with Gasteiger partial charge < -0.3 is 5.32 Å². The quantitative estimate of drug-likeness (QED) is 0.826. The molecule has 0 aliphatic heterocycles. The van der Waals surface area contributed by atoms with E-state index in [1.54, 1.807) is 6.20 Å². The number of nitrogens with zero attached hydrogens (tertiary/aromatic N) is 1. The maximum atomic E-state index is 6.39. The van der Waals surface area contributed by atoms with Crippen molar-refractivity contribution in [3.63, 3.8) is 0 Å². The zero-order chi connectivity index (χ0) is 13.7. The van der Waals surface area contributed by atoms with Gasteiger partial charge >= 0.3 is 0 Å². The van der Waals surface area contributed by atoms with Crippen molar-refractivity contribution in [1.82, 2.24) is 10.3 Å². The Morgan fingerprint density at radius 2 is 2.05 bits per heavy atom. The first-order chi connectivity index (χ1) is 9.22. The number of nitrogens with one attached hydrogen (secondary N) is 1. The highest BCUT2D eigenvalue weighted by molar-refractivity contribution is 6.33. The molecule has 0 fully saturated rings. The fraction of sp³-hybridized carbons (Fsp3) is 0.312. The highest BCUT2D eigenvalue weighted by Gasteiger charge is 2.07. The lowest BCUT2D eigenvalue weighted by molar-refractivity contribution is 0.675. The van der Waals surface area contributed by atoms with Gasteiger partial charge in [0.05, 0.1) is 0 Å². The molecular formula is C16H19ClN2. The van der Waals surface area contributed by atoms with Gasteiger partial charge in [-0.1, -0.05) is 30.7 Å². The van der Waals surface area contributed by atoms with Crippen LogP contribution in [0.25, 0.3) is 11.1 Å². The Balaban J connectivity index is 2.22. The van der Waals surface area contributed by atoms with Crippen LogP contribution in [0.3, 0.4) is 0 Å². The summed E-state index contributed by atoms with van der Waals surface area (Å²) < 4.78 is 0. The maximum absolute atomic E-state index is 6.39. The van der Waals surface area contributed by atoms with E-state index in [0.29, 0.717) is 0 Å². The van der Waals surface area contributed by atoms with Gasteiger partial charge in [-0.3, -0.25) is 4.98 Å². The molecule has 0 aliphatic carbocycles. The third-order valence-corrected chi connectivity index (χ3v) is 3.43. The van der Waals surface area contributed by atoms with Crippen molar-refractivity contribution in [2.75, 3.05) is 6.54 Å². The molecule has 2 rings (SSSR count). The first-order valence-corrected chi connectivity index (χ1v) is 7.00. The third kappa shape index (κ3) is 3.55. The number of hydrogen-bond donors (Lipinski definition) is 1. The Bertz CT molecular complexity index is 552. The Hall–Kier alpha value is -1.38. The number of halogens is 1. The van der Waals surface area contributed by atoms with Crippen molar-refractivity contribution in [1.29, 1.82) is 0 Å². The second-order valence-electron chi connectivity index (χ2n) is 4.68. The fourth-order valence-corrected chi connectivity index (χ4v) is 2.35. The fourth-order valence-electron chi connectivity index (χ4n) is 2.04. The van der Waals surface area contributed by atoms with Crippen LogP contribution >= 0.6 is 11.6 Å². The molecule has 0 atom stereocenters. The van der Waals surface area contributed by atoms with Gasteiger partial charge in [-0.05, 0) is 43.1 Å². The van der Waals surface area contributed by atoms with Crippen LogP contribution < -0.4 is 5.32 Å². The molecule has 0 saturated heterocycles. The van der Waals surface area contributed by atoms with Crippen LogP contribution in [-0.2, 0) is 6.54 Å². The van der Waals surface area contributed by atoms with Crippen LogP contribution in [0.2, 0.25) is 5.02 Å². The molecule has 0 spiro atoms. The van der Waals surface area contributed by atoms with E-state index in [2.05, 4.69) is 36.3 Å². The van der Waals surface area contributed by atoms with E-state index in [4.69, 9.17) is 11.6 Å². The second kappa shape index (κ2) is 6.69. The Labute approximate surface area is 119 Å². The van der Waals surface area contributed by atoms with Crippen molar-refractivity contribution >= 4 is 11.6 Å². The number of rotatable bonds is 5. The van der Waals surface area contributed by atoms with Gasteiger partial charge in [0.15, 0.2) is 0 Å². The molecule has 1 heterocycles. The minimum Gasteiger partial charge on any atom is -0.313 e. The molecular weight excluding hydrogens is 256 g/mol. The molecule has 100 valence electrons. The highest BCUT2D eigenvalue weighted by Crippen LogP contribution is 2.30. The van der Waals surface area contributed by atoms with Crippen LogP contribution in [0.5, 0.6) is 0 Å².